The van der Waals surface area contributed by atoms with Crippen molar-refractivity contribution < 1.29 is 14.3 Å². The average Bonchev–Trinajstić information content (AvgIpc) is 2.86. The van der Waals surface area contributed by atoms with Crippen molar-refractivity contribution in [3.8, 4) is 0 Å². The molecule has 0 radical (unpaired) electrons. The van der Waals surface area contributed by atoms with Crippen LogP contribution in [0.1, 0.15) is 93.6 Å². The second-order valence-electron chi connectivity index (χ2n) is 6.09. The van der Waals surface area contributed by atoms with Crippen molar-refractivity contribution in [2.75, 3.05) is 0 Å². The van der Waals surface area contributed by atoms with Gasteiger partial charge in [-0.1, -0.05) is 71.1 Å². The van der Waals surface area contributed by atoms with Crippen LogP contribution in [0, 0.1) is 5.82 Å². The molecular formula is C18H30FNO2. The van der Waals surface area contributed by atoms with Gasteiger partial charge in [-0.2, -0.15) is 0 Å². The number of rotatable bonds is 13. The number of aromatic amines is 1. The topological polar surface area (TPSA) is 53.1 Å². The van der Waals surface area contributed by atoms with Crippen LogP contribution in [0.4, 0.5) is 4.39 Å². The van der Waals surface area contributed by atoms with Gasteiger partial charge in [0.25, 0.3) is 0 Å². The third-order valence-corrected chi connectivity index (χ3v) is 4.16. The highest BCUT2D eigenvalue weighted by Gasteiger charge is 2.15. The molecular weight excluding hydrogens is 281 g/mol. The van der Waals surface area contributed by atoms with Crippen LogP contribution in [0.2, 0.25) is 0 Å². The quantitative estimate of drug-likeness (QED) is 0.459. The van der Waals surface area contributed by atoms with Crippen LogP contribution >= 0.6 is 0 Å². The minimum atomic E-state index is -1.23. The summed E-state index contributed by atoms with van der Waals surface area (Å²) in [6.45, 7) is 2.24. The fraction of sp³-hybridized carbons (Fsp3) is 0.722. The first-order chi connectivity index (χ1) is 10.7. The normalized spacial score (nSPS) is 11.0. The maximum Gasteiger partial charge on any atom is 0.355 e. The summed E-state index contributed by atoms with van der Waals surface area (Å²) in [5, 5.41) is 8.77. The number of aromatic carboxylic acids is 1. The molecule has 0 bridgehead atoms. The van der Waals surface area contributed by atoms with Crippen molar-refractivity contribution in [3.63, 3.8) is 0 Å². The zero-order valence-corrected chi connectivity index (χ0v) is 13.8. The van der Waals surface area contributed by atoms with Gasteiger partial charge in [-0.15, -0.1) is 0 Å². The lowest BCUT2D eigenvalue weighted by molar-refractivity contribution is 0.0686. The van der Waals surface area contributed by atoms with Crippen molar-refractivity contribution in [2.24, 2.45) is 0 Å². The number of hydrogen-bond acceptors (Lipinski definition) is 1. The van der Waals surface area contributed by atoms with Gasteiger partial charge in [-0.05, 0) is 12.8 Å². The van der Waals surface area contributed by atoms with E-state index in [2.05, 4.69) is 11.9 Å². The zero-order chi connectivity index (χ0) is 16.2. The Morgan fingerprint density at radius 1 is 1.00 bits per heavy atom. The summed E-state index contributed by atoms with van der Waals surface area (Å²) in [5.41, 5.74) is 0.173. The maximum atomic E-state index is 13.7. The smallest absolute Gasteiger partial charge is 0.355 e. The van der Waals surface area contributed by atoms with Crippen LogP contribution in [-0.4, -0.2) is 16.1 Å². The predicted octanol–water partition coefficient (Wildman–Crippen LogP) is 5.71. The van der Waals surface area contributed by atoms with E-state index >= 15 is 0 Å². The SMILES string of the molecule is CCCCCCCCCCCCCc1c[nH]c(C(=O)O)c1F. The van der Waals surface area contributed by atoms with Crippen LogP contribution in [0.25, 0.3) is 0 Å². The van der Waals surface area contributed by atoms with Crippen LogP contribution in [0.3, 0.4) is 0 Å². The van der Waals surface area contributed by atoms with Gasteiger partial charge in [0.05, 0.1) is 0 Å². The van der Waals surface area contributed by atoms with Gasteiger partial charge >= 0.3 is 5.97 Å². The zero-order valence-electron chi connectivity index (χ0n) is 13.8. The Morgan fingerprint density at radius 3 is 1.95 bits per heavy atom. The Bertz CT molecular complexity index is 429. The van der Waals surface area contributed by atoms with E-state index in [1.54, 1.807) is 0 Å². The fourth-order valence-corrected chi connectivity index (χ4v) is 2.76. The minimum absolute atomic E-state index is 0.321. The molecule has 0 aliphatic rings. The molecule has 4 heteroatoms. The van der Waals surface area contributed by atoms with Crippen molar-refractivity contribution in [1.82, 2.24) is 4.98 Å². The molecule has 1 aromatic rings. The number of nitrogens with one attached hydrogen (secondary N) is 1. The summed E-state index contributed by atoms with van der Waals surface area (Å²) in [6.07, 6.45) is 15.9. The van der Waals surface area contributed by atoms with Gasteiger partial charge in [0.1, 0.15) is 0 Å². The number of carboxylic acids is 1. The summed E-state index contributed by atoms with van der Waals surface area (Å²) < 4.78 is 13.7. The molecule has 1 heterocycles. The Morgan fingerprint density at radius 2 is 1.50 bits per heavy atom. The molecule has 0 amide bonds. The molecule has 0 spiro atoms. The Kier molecular flexibility index (Phi) is 9.60. The second kappa shape index (κ2) is 11.3. The third-order valence-electron chi connectivity index (χ3n) is 4.16. The first-order valence-corrected chi connectivity index (χ1v) is 8.75. The highest BCUT2D eigenvalue weighted by molar-refractivity contribution is 5.86. The molecule has 0 aliphatic heterocycles. The van der Waals surface area contributed by atoms with Gasteiger partial charge in [0.15, 0.2) is 11.5 Å². The number of carbonyl (C=O) groups is 1. The van der Waals surface area contributed by atoms with Crippen molar-refractivity contribution in [2.45, 2.75) is 84.0 Å². The molecule has 0 aromatic carbocycles. The monoisotopic (exact) mass is 311 g/mol. The Labute approximate surface area is 133 Å². The van der Waals surface area contributed by atoms with E-state index in [1.807, 2.05) is 0 Å². The summed E-state index contributed by atoms with van der Waals surface area (Å²) in [4.78, 5) is 13.2. The molecule has 0 atom stereocenters. The molecule has 0 fully saturated rings. The molecule has 0 aliphatic carbocycles. The number of carboxylic acid groups (broad SMARTS) is 1. The van der Waals surface area contributed by atoms with Crippen molar-refractivity contribution in [3.05, 3.63) is 23.3 Å². The third kappa shape index (κ3) is 7.10. The van der Waals surface area contributed by atoms with E-state index in [-0.39, 0.29) is 5.69 Å². The van der Waals surface area contributed by atoms with E-state index < -0.39 is 11.8 Å². The lowest BCUT2D eigenvalue weighted by Gasteiger charge is -2.02. The van der Waals surface area contributed by atoms with Crippen LogP contribution in [0.15, 0.2) is 6.20 Å². The van der Waals surface area contributed by atoms with Gasteiger partial charge in [0, 0.05) is 11.8 Å². The van der Waals surface area contributed by atoms with Crippen LogP contribution in [-0.2, 0) is 6.42 Å². The number of hydrogen-bond donors (Lipinski definition) is 2. The summed E-state index contributed by atoms with van der Waals surface area (Å²) >= 11 is 0. The highest BCUT2D eigenvalue weighted by atomic mass is 19.1. The lowest BCUT2D eigenvalue weighted by atomic mass is 10.0. The molecule has 2 N–H and O–H groups in total. The van der Waals surface area contributed by atoms with Crippen molar-refractivity contribution >= 4 is 5.97 Å². The number of H-pyrrole nitrogens is 1. The number of aromatic nitrogens is 1. The second-order valence-corrected chi connectivity index (χ2v) is 6.09. The van der Waals surface area contributed by atoms with Crippen LogP contribution in [0.5, 0.6) is 0 Å². The van der Waals surface area contributed by atoms with Crippen LogP contribution < -0.4 is 0 Å². The van der Waals surface area contributed by atoms with Gasteiger partial charge in [-0.3, -0.25) is 0 Å². The molecule has 0 saturated carbocycles. The predicted molar refractivity (Wildman–Crippen MR) is 87.9 cm³/mol. The van der Waals surface area contributed by atoms with Gasteiger partial charge < -0.3 is 10.1 Å². The standard InChI is InChI=1S/C18H30FNO2/c1-2-3-4-5-6-7-8-9-10-11-12-13-15-14-20-17(16(15)19)18(21)22/h14,20H,2-13H2,1H3,(H,21,22). The lowest BCUT2D eigenvalue weighted by Crippen LogP contribution is -2.00. The van der Waals surface area contributed by atoms with Gasteiger partial charge in [0.2, 0.25) is 0 Å². The van der Waals surface area contributed by atoms with Gasteiger partial charge in [-0.25, -0.2) is 9.18 Å². The Hall–Kier alpha value is -1.32. The highest BCUT2D eigenvalue weighted by Crippen LogP contribution is 2.16. The van der Waals surface area contributed by atoms with E-state index in [1.165, 1.54) is 64.0 Å². The first kappa shape index (κ1) is 18.7. The molecule has 0 saturated heterocycles. The summed E-state index contributed by atoms with van der Waals surface area (Å²) in [7, 11) is 0. The first-order valence-electron chi connectivity index (χ1n) is 8.75. The number of halogens is 1. The van der Waals surface area contributed by atoms with E-state index in [0.717, 1.165) is 12.8 Å². The molecule has 1 rings (SSSR count). The maximum absolute atomic E-state index is 13.7. The van der Waals surface area contributed by atoms with Crippen molar-refractivity contribution in [1.29, 1.82) is 0 Å². The largest absolute Gasteiger partial charge is 0.476 e. The Balaban J connectivity index is 1.99. The minimum Gasteiger partial charge on any atom is -0.476 e. The molecule has 126 valence electrons. The summed E-state index contributed by atoms with van der Waals surface area (Å²) in [6, 6.07) is 0. The molecule has 22 heavy (non-hydrogen) atoms. The summed E-state index contributed by atoms with van der Waals surface area (Å²) in [5.74, 6) is -1.83. The van der Waals surface area contributed by atoms with E-state index in [4.69, 9.17) is 5.11 Å². The number of aryl methyl sites for hydroxylation is 1. The average molecular weight is 311 g/mol. The van der Waals surface area contributed by atoms with E-state index in [9.17, 15) is 9.18 Å². The fourth-order valence-electron chi connectivity index (χ4n) is 2.76. The van der Waals surface area contributed by atoms with E-state index in [0.29, 0.717) is 12.0 Å². The number of unbranched alkanes of at least 4 members (excludes halogenated alkanes) is 10. The molecule has 3 nitrogen and oxygen atoms in total. The molecule has 1 aromatic heterocycles. The molecule has 0 unspecified atom stereocenters.